The van der Waals surface area contributed by atoms with Gasteiger partial charge in [-0.15, -0.1) is 0 Å². The second-order valence-corrected chi connectivity index (χ2v) is 3.82. The van der Waals surface area contributed by atoms with E-state index in [1.54, 1.807) is 6.08 Å². The molecule has 78 valence electrons. The van der Waals surface area contributed by atoms with Crippen LogP contribution < -0.4 is 0 Å². The molecule has 0 radical (unpaired) electrons. The summed E-state index contributed by atoms with van der Waals surface area (Å²) in [5.74, 6) is 0. The third kappa shape index (κ3) is 2.05. The summed E-state index contributed by atoms with van der Waals surface area (Å²) < 4.78 is 0. The summed E-state index contributed by atoms with van der Waals surface area (Å²) in [7, 11) is 0. The predicted molar refractivity (Wildman–Crippen MR) is 63.1 cm³/mol. The van der Waals surface area contributed by atoms with Crippen molar-refractivity contribution < 1.29 is 4.79 Å². The standard InChI is InChI=1S/C13H15NO/c1-8(2)12-6-9(3)10(4)13(11(12)5)14-7-15/h6H,1H2,2-5H3. The number of nitrogens with zero attached hydrogens (tertiary/aromatic N) is 1. The van der Waals surface area contributed by atoms with Gasteiger partial charge in [-0.25, -0.2) is 4.79 Å². The lowest BCUT2D eigenvalue weighted by Gasteiger charge is -2.12. The van der Waals surface area contributed by atoms with Crippen LogP contribution in [0.2, 0.25) is 0 Å². The molecule has 2 heteroatoms. The summed E-state index contributed by atoms with van der Waals surface area (Å²) in [5, 5.41) is 0. The van der Waals surface area contributed by atoms with Crippen molar-refractivity contribution in [1.82, 2.24) is 0 Å². The highest BCUT2D eigenvalue weighted by Gasteiger charge is 2.10. The normalized spacial score (nSPS) is 9.60. The summed E-state index contributed by atoms with van der Waals surface area (Å²) in [5.41, 5.74) is 5.91. The summed E-state index contributed by atoms with van der Waals surface area (Å²) >= 11 is 0. The average molecular weight is 201 g/mol. The van der Waals surface area contributed by atoms with Crippen molar-refractivity contribution in [1.29, 1.82) is 0 Å². The van der Waals surface area contributed by atoms with E-state index in [-0.39, 0.29) is 0 Å². The number of isocyanates is 1. The van der Waals surface area contributed by atoms with E-state index in [2.05, 4.69) is 17.6 Å². The molecule has 0 aliphatic carbocycles. The van der Waals surface area contributed by atoms with Crippen LogP contribution in [0.1, 0.15) is 29.2 Å². The van der Waals surface area contributed by atoms with Crippen LogP contribution in [0.3, 0.4) is 0 Å². The van der Waals surface area contributed by atoms with Gasteiger partial charge in [0, 0.05) is 0 Å². The minimum Gasteiger partial charge on any atom is -0.211 e. The third-order valence-electron chi connectivity index (χ3n) is 2.68. The number of benzene rings is 1. The third-order valence-corrected chi connectivity index (χ3v) is 2.68. The fourth-order valence-electron chi connectivity index (χ4n) is 1.69. The van der Waals surface area contributed by atoms with Crippen molar-refractivity contribution in [3.05, 3.63) is 34.9 Å². The molecule has 0 bridgehead atoms. The Morgan fingerprint density at radius 1 is 1.33 bits per heavy atom. The Labute approximate surface area is 90.4 Å². The quantitative estimate of drug-likeness (QED) is 0.531. The molecular weight excluding hydrogens is 186 g/mol. The molecule has 0 amide bonds. The van der Waals surface area contributed by atoms with Gasteiger partial charge in [-0.05, 0) is 49.9 Å². The first-order chi connectivity index (χ1) is 6.99. The maximum absolute atomic E-state index is 10.4. The van der Waals surface area contributed by atoms with Crippen molar-refractivity contribution in [2.24, 2.45) is 4.99 Å². The number of aliphatic imine (C=N–C) groups is 1. The minimum absolute atomic E-state index is 0.725. The van der Waals surface area contributed by atoms with E-state index in [4.69, 9.17) is 0 Å². The lowest BCUT2D eigenvalue weighted by Crippen LogP contribution is -1.92. The fraction of sp³-hybridized carbons (Fsp3) is 0.308. The lowest BCUT2D eigenvalue weighted by atomic mass is 9.95. The predicted octanol–water partition coefficient (Wildman–Crippen LogP) is 3.61. The van der Waals surface area contributed by atoms with E-state index in [9.17, 15) is 4.79 Å². The van der Waals surface area contributed by atoms with E-state index < -0.39 is 0 Å². The molecule has 0 saturated carbocycles. The van der Waals surface area contributed by atoms with Gasteiger partial charge in [0.15, 0.2) is 0 Å². The van der Waals surface area contributed by atoms with Gasteiger partial charge in [0.1, 0.15) is 0 Å². The molecule has 1 rings (SSSR count). The van der Waals surface area contributed by atoms with Gasteiger partial charge in [0.25, 0.3) is 0 Å². The maximum Gasteiger partial charge on any atom is 0.240 e. The highest BCUT2D eigenvalue weighted by molar-refractivity contribution is 5.73. The van der Waals surface area contributed by atoms with Crippen molar-refractivity contribution in [3.63, 3.8) is 0 Å². The smallest absolute Gasteiger partial charge is 0.211 e. The van der Waals surface area contributed by atoms with Gasteiger partial charge in [-0.3, -0.25) is 0 Å². The van der Waals surface area contributed by atoms with Crippen molar-refractivity contribution >= 4 is 17.3 Å². The zero-order chi connectivity index (χ0) is 11.6. The van der Waals surface area contributed by atoms with Gasteiger partial charge in [-0.2, -0.15) is 4.99 Å². The molecule has 0 spiro atoms. The number of rotatable bonds is 2. The Hall–Kier alpha value is -1.66. The Kier molecular flexibility index (Phi) is 3.23. The molecule has 1 aromatic carbocycles. The van der Waals surface area contributed by atoms with Gasteiger partial charge in [0.05, 0.1) is 5.69 Å². The first-order valence-electron chi connectivity index (χ1n) is 4.83. The number of allylic oxidation sites excluding steroid dienone is 1. The van der Waals surface area contributed by atoms with E-state index in [1.807, 2.05) is 27.7 Å². The van der Waals surface area contributed by atoms with Crippen LogP contribution >= 0.6 is 0 Å². The van der Waals surface area contributed by atoms with Gasteiger partial charge < -0.3 is 0 Å². The second kappa shape index (κ2) is 4.24. The Morgan fingerprint density at radius 2 is 1.93 bits per heavy atom. The summed E-state index contributed by atoms with van der Waals surface area (Å²) in [4.78, 5) is 14.1. The number of carbonyl (C=O) groups excluding carboxylic acids is 1. The van der Waals surface area contributed by atoms with Crippen molar-refractivity contribution in [2.75, 3.05) is 0 Å². The largest absolute Gasteiger partial charge is 0.240 e. The van der Waals surface area contributed by atoms with Gasteiger partial charge in [-0.1, -0.05) is 18.2 Å². The molecule has 2 nitrogen and oxygen atoms in total. The summed E-state index contributed by atoms with van der Waals surface area (Å²) in [6.07, 6.45) is 1.60. The highest BCUT2D eigenvalue weighted by Crippen LogP contribution is 2.31. The SMILES string of the molecule is C=C(C)c1cc(C)c(C)c(N=C=O)c1C. The Morgan fingerprint density at radius 3 is 2.40 bits per heavy atom. The fourth-order valence-corrected chi connectivity index (χ4v) is 1.69. The molecular formula is C13H15NO. The van der Waals surface area contributed by atoms with Crippen LogP contribution in [0.5, 0.6) is 0 Å². The Balaban J connectivity index is 3.62. The number of hydrogen-bond donors (Lipinski definition) is 0. The van der Waals surface area contributed by atoms with Gasteiger partial charge >= 0.3 is 0 Å². The van der Waals surface area contributed by atoms with Gasteiger partial charge in [0.2, 0.25) is 6.08 Å². The summed E-state index contributed by atoms with van der Waals surface area (Å²) in [6.45, 7) is 11.8. The number of hydrogen-bond acceptors (Lipinski definition) is 2. The molecule has 0 unspecified atom stereocenters. The van der Waals surface area contributed by atoms with Crippen LogP contribution in [0.15, 0.2) is 17.6 Å². The number of aryl methyl sites for hydroxylation is 1. The topological polar surface area (TPSA) is 29.4 Å². The minimum atomic E-state index is 0.725. The lowest BCUT2D eigenvalue weighted by molar-refractivity contribution is 0.565. The summed E-state index contributed by atoms with van der Waals surface area (Å²) in [6, 6.07) is 2.08. The van der Waals surface area contributed by atoms with E-state index in [0.29, 0.717) is 0 Å². The van der Waals surface area contributed by atoms with Crippen molar-refractivity contribution in [3.8, 4) is 0 Å². The van der Waals surface area contributed by atoms with Crippen LogP contribution in [-0.2, 0) is 4.79 Å². The van der Waals surface area contributed by atoms with E-state index in [1.165, 1.54) is 0 Å². The van der Waals surface area contributed by atoms with Crippen LogP contribution in [0.25, 0.3) is 5.57 Å². The first kappa shape index (κ1) is 11.4. The van der Waals surface area contributed by atoms with Crippen LogP contribution in [-0.4, -0.2) is 6.08 Å². The molecule has 0 aromatic heterocycles. The van der Waals surface area contributed by atoms with E-state index in [0.717, 1.165) is 33.5 Å². The maximum atomic E-state index is 10.4. The zero-order valence-electron chi connectivity index (χ0n) is 9.64. The molecule has 1 aromatic rings. The Bertz CT molecular complexity index is 466. The molecule has 0 aliphatic rings. The first-order valence-corrected chi connectivity index (χ1v) is 4.83. The molecule has 0 heterocycles. The van der Waals surface area contributed by atoms with Crippen molar-refractivity contribution in [2.45, 2.75) is 27.7 Å². The highest BCUT2D eigenvalue weighted by atomic mass is 16.1. The molecule has 0 atom stereocenters. The van der Waals surface area contributed by atoms with Crippen LogP contribution in [0, 0.1) is 20.8 Å². The zero-order valence-corrected chi connectivity index (χ0v) is 9.64. The van der Waals surface area contributed by atoms with E-state index >= 15 is 0 Å². The second-order valence-electron chi connectivity index (χ2n) is 3.82. The van der Waals surface area contributed by atoms with Crippen LogP contribution in [0.4, 0.5) is 5.69 Å². The molecule has 0 fully saturated rings. The average Bonchev–Trinajstić information content (AvgIpc) is 2.18. The monoisotopic (exact) mass is 201 g/mol. The molecule has 0 saturated heterocycles. The molecule has 0 N–H and O–H groups in total. The molecule has 0 aliphatic heterocycles. The molecule has 15 heavy (non-hydrogen) atoms.